The number of nitrogens with zero attached hydrogens (tertiary/aromatic N) is 3. The number of hydrogen-bond donors (Lipinski definition) is 1. The number of nitro groups is 1. The highest BCUT2D eigenvalue weighted by Gasteiger charge is 2.27. The van der Waals surface area contributed by atoms with Gasteiger partial charge in [0.15, 0.2) is 0 Å². The van der Waals surface area contributed by atoms with Gasteiger partial charge in [-0.1, -0.05) is 0 Å². The van der Waals surface area contributed by atoms with Gasteiger partial charge in [0, 0.05) is 6.54 Å². The lowest BCUT2D eigenvalue weighted by Gasteiger charge is -2.09. The molecule has 1 aliphatic rings. The van der Waals surface area contributed by atoms with Crippen molar-refractivity contribution in [3.05, 3.63) is 15.8 Å². The van der Waals surface area contributed by atoms with Crippen molar-refractivity contribution < 1.29 is 9.66 Å². The Kier molecular flexibility index (Phi) is 3.59. The van der Waals surface area contributed by atoms with Gasteiger partial charge in [0.2, 0.25) is 5.95 Å². The van der Waals surface area contributed by atoms with Crippen LogP contribution in [0.4, 0.5) is 11.6 Å². The number of ether oxygens (including phenoxy) is 1. The average molecular weight is 252 g/mol. The molecule has 0 amide bonds. The van der Waals surface area contributed by atoms with Gasteiger partial charge in [0.1, 0.15) is 5.69 Å². The maximum Gasteiger partial charge on any atom is 0.352 e. The Morgan fingerprint density at radius 3 is 2.78 bits per heavy atom. The lowest BCUT2D eigenvalue weighted by molar-refractivity contribution is -0.387. The van der Waals surface area contributed by atoms with Gasteiger partial charge < -0.3 is 10.1 Å². The first-order valence-corrected chi connectivity index (χ1v) is 6.01. The fourth-order valence-electron chi connectivity index (χ4n) is 1.57. The zero-order valence-electron chi connectivity index (χ0n) is 10.5. The smallest absolute Gasteiger partial charge is 0.352 e. The van der Waals surface area contributed by atoms with E-state index in [0.717, 1.165) is 12.8 Å². The molecule has 1 aromatic rings. The summed E-state index contributed by atoms with van der Waals surface area (Å²) >= 11 is 0. The second kappa shape index (κ2) is 5.16. The van der Waals surface area contributed by atoms with Gasteiger partial charge in [-0.25, -0.2) is 4.98 Å². The second-order valence-electron chi connectivity index (χ2n) is 4.33. The minimum Gasteiger partial charge on any atom is -0.472 e. The SMILES string of the molecule is CCNc1nc(C)c([N+](=O)[O-])c(OCC2CC2)n1. The molecule has 0 bridgehead atoms. The molecule has 1 heterocycles. The number of anilines is 1. The summed E-state index contributed by atoms with van der Waals surface area (Å²) in [5.74, 6) is 0.948. The summed E-state index contributed by atoms with van der Waals surface area (Å²) in [6, 6.07) is 0. The van der Waals surface area contributed by atoms with Crippen LogP contribution < -0.4 is 10.1 Å². The van der Waals surface area contributed by atoms with Gasteiger partial charge in [-0.05, 0) is 32.6 Å². The van der Waals surface area contributed by atoms with E-state index in [9.17, 15) is 10.1 Å². The minimum atomic E-state index is -0.493. The van der Waals surface area contributed by atoms with E-state index in [2.05, 4.69) is 15.3 Å². The van der Waals surface area contributed by atoms with Crippen LogP contribution in [0.2, 0.25) is 0 Å². The topological polar surface area (TPSA) is 90.2 Å². The molecule has 0 atom stereocenters. The first-order chi connectivity index (χ1) is 8.61. The van der Waals surface area contributed by atoms with E-state index in [1.807, 2.05) is 6.92 Å². The van der Waals surface area contributed by atoms with E-state index in [4.69, 9.17) is 4.74 Å². The van der Waals surface area contributed by atoms with Crippen molar-refractivity contribution in [1.82, 2.24) is 9.97 Å². The molecule has 1 saturated carbocycles. The Morgan fingerprint density at radius 1 is 1.50 bits per heavy atom. The van der Waals surface area contributed by atoms with Gasteiger partial charge in [0.25, 0.3) is 5.88 Å². The van der Waals surface area contributed by atoms with Crippen molar-refractivity contribution in [2.45, 2.75) is 26.7 Å². The van der Waals surface area contributed by atoms with E-state index < -0.39 is 4.92 Å². The van der Waals surface area contributed by atoms with Crippen LogP contribution in [0.1, 0.15) is 25.5 Å². The predicted octanol–water partition coefficient (Wildman–Crippen LogP) is 1.91. The van der Waals surface area contributed by atoms with Crippen LogP contribution in [0, 0.1) is 23.0 Å². The predicted molar refractivity (Wildman–Crippen MR) is 65.8 cm³/mol. The van der Waals surface area contributed by atoms with Gasteiger partial charge in [0.05, 0.1) is 11.5 Å². The van der Waals surface area contributed by atoms with Gasteiger partial charge in [-0.3, -0.25) is 10.1 Å². The summed E-state index contributed by atoms with van der Waals surface area (Å²) < 4.78 is 5.46. The van der Waals surface area contributed by atoms with Gasteiger partial charge >= 0.3 is 5.69 Å². The first kappa shape index (κ1) is 12.5. The molecule has 1 aliphatic carbocycles. The van der Waals surface area contributed by atoms with E-state index in [-0.39, 0.29) is 11.6 Å². The summed E-state index contributed by atoms with van der Waals surface area (Å²) in [5, 5.41) is 13.9. The molecule has 0 unspecified atom stereocenters. The average Bonchev–Trinajstić information content (AvgIpc) is 3.09. The molecule has 1 aromatic heterocycles. The normalized spacial score (nSPS) is 14.3. The highest BCUT2D eigenvalue weighted by molar-refractivity contribution is 5.48. The highest BCUT2D eigenvalue weighted by Crippen LogP contribution is 2.33. The number of hydrogen-bond acceptors (Lipinski definition) is 6. The summed E-state index contributed by atoms with van der Waals surface area (Å²) in [6.07, 6.45) is 2.25. The molecule has 7 nitrogen and oxygen atoms in total. The summed E-state index contributed by atoms with van der Waals surface area (Å²) in [5.41, 5.74) is 0.175. The lowest BCUT2D eigenvalue weighted by Crippen LogP contribution is -2.10. The maximum absolute atomic E-state index is 11.0. The van der Waals surface area contributed by atoms with E-state index in [1.165, 1.54) is 0 Å². The van der Waals surface area contributed by atoms with E-state index >= 15 is 0 Å². The number of aryl methyl sites for hydroxylation is 1. The van der Waals surface area contributed by atoms with Gasteiger partial charge in [-0.2, -0.15) is 4.98 Å². The lowest BCUT2D eigenvalue weighted by atomic mass is 10.3. The third-order valence-corrected chi connectivity index (χ3v) is 2.70. The Morgan fingerprint density at radius 2 is 2.22 bits per heavy atom. The molecule has 2 rings (SSSR count). The van der Waals surface area contributed by atoms with Crippen molar-refractivity contribution in [1.29, 1.82) is 0 Å². The Hall–Kier alpha value is -1.92. The second-order valence-corrected chi connectivity index (χ2v) is 4.33. The quantitative estimate of drug-likeness (QED) is 0.614. The fourth-order valence-corrected chi connectivity index (χ4v) is 1.57. The van der Waals surface area contributed by atoms with Crippen LogP contribution in [0.25, 0.3) is 0 Å². The van der Waals surface area contributed by atoms with Gasteiger partial charge in [-0.15, -0.1) is 0 Å². The number of aromatic nitrogens is 2. The molecule has 18 heavy (non-hydrogen) atoms. The molecular weight excluding hydrogens is 236 g/mol. The Labute approximate surface area is 105 Å². The largest absolute Gasteiger partial charge is 0.472 e. The number of rotatable bonds is 6. The van der Waals surface area contributed by atoms with Crippen molar-refractivity contribution in [3.63, 3.8) is 0 Å². The maximum atomic E-state index is 11.0. The zero-order chi connectivity index (χ0) is 13.1. The van der Waals surface area contributed by atoms with Crippen LogP contribution in [-0.4, -0.2) is 28.0 Å². The molecule has 1 N–H and O–H groups in total. The van der Waals surface area contributed by atoms with Crippen LogP contribution in [-0.2, 0) is 0 Å². The fraction of sp³-hybridized carbons (Fsp3) is 0.636. The highest BCUT2D eigenvalue weighted by atomic mass is 16.6. The van der Waals surface area contributed by atoms with Crippen LogP contribution in [0.15, 0.2) is 0 Å². The van der Waals surface area contributed by atoms with Crippen molar-refractivity contribution >= 4 is 11.6 Å². The molecule has 0 radical (unpaired) electrons. The van der Waals surface area contributed by atoms with Crippen LogP contribution in [0.3, 0.4) is 0 Å². The molecule has 0 aromatic carbocycles. The summed E-state index contributed by atoms with van der Waals surface area (Å²) in [4.78, 5) is 18.6. The standard InChI is InChI=1S/C11H16N4O3/c1-3-12-11-13-7(2)9(15(16)17)10(14-11)18-6-8-4-5-8/h8H,3-6H2,1-2H3,(H,12,13,14). The third kappa shape index (κ3) is 2.85. The molecule has 0 aliphatic heterocycles. The summed E-state index contributed by atoms with van der Waals surface area (Å²) in [6.45, 7) is 4.64. The first-order valence-electron chi connectivity index (χ1n) is 6.01. The van der Waals surface area contributed by atoms with Crippen molar-refractivity contribution in [3.8, 4) is 5.88 Å². The Bertz CT molecular complexity index is 460. The van der Waals surface area contributed by atoms with E-state index in [0.29, 0.717) is 30.7 Å². The van der Waals surface area contributed by atoms with Crippen molar-refractivity contribution in [2.24, 2.45) is 5.92 Å². The molecule has 7 heteroatoms. The number of nitrogens with one attached hydrogen (secondary N) is 1. The Balaban J connectivity index is 2.27. The van der Waals surface area contributed by atoms with E-state index in [1.54, 1.807) is 6.92 Å². The summed E-state index contributed by atoms with van der Waals surface area (Å²) in [7, 11) is 0. The van der Waals surface area contributed by atoms with Crippen molar-refractivity contribution in [2.75, 3.05) is 18.5 Å². The molecule has 0 spiro atoms. The van der Waals surface area contributed by atoms with Crippen LogP contribution >= 0.6 is 0 Å². The molecular formula is C11H16N4O3. The molecule has 1 fully saturated rings. The molecule has 98 valence electrons. The monoisotopic (exact) mass is 252 g/mol. The van der Waals surface area contributed by atoms with Crippen LogP contribution in [0.5, 0.6) is 5.88 Å². The zero-order valence-corrected chi connectivity index (χ0v) is 10.5. The third-order valence-electron chi connectivity index (χ3n) is 2.70. The minimum absolute atomic E-state index is 0.0651. The molecule has 0 saturated heterocycles.